The zero-order valence-electron chi connectivity index (χ0n) is 16.2. The van der Waals surface area contributed by atoms with E-state index < -0.39 is 0 Å². The van der Waals surface area contributed by atoms with E-state index in [9.17, 15) is 0 Å². The van der Waals surface area contributed by atoms with Gasteiger partial charge in [-0.15, -0.1) is 0 Å². The molecule has 144 valence electrons. The highest BCUT2D eigenvalue weighted by molar-refractivity contribution is 5.47. The molecule has 1 saturated heterocycles. The summed E-state index contributed by atoms with van der Waals surface area (Å²) in [5, 5.41) is 0. The lowest BCUT2D eigenvalue weighted by Gasteiger charge is -2.35. The van der Waals surface area contributed by atoms with Gasteiger partial charge in [0, 0.05) is 56.8 Å². The van der Waals surface area contributed by atoms with Gasteiger partial charge in [0.05, 0.1) is 7.11 Å². The third-order valence-electron chi connectivity index (χ3n) is 5.87. The van der Waals surface area contributed by atoms with E-state index in [4.69, 9.17) is 4.74 Å². The average Bonchev–Trinajstić information content (AvgIpc) is 2.67. The van der Waals surface area contributed by atoms with Crippen LogP contribution in [0.25, 0.3) is 0 Å². The van der Waals surface area contributed by atoms with Crippen LogP contribution in [-0.2, 0) is 0 Å². The summed E-state index contributed by atoms with van der Waals surface area (Å²) in [6.45, 7) is 3.04. The highest BCUT2D eigenvalue weighted by Gasteiger charge is 2.25. The molecule has 4 rings (SSSR count). The quantitative estimate of drug-likeness (QED) is 0.776. The van der Waals surface area contributed by atoms with Crippen molar-refractivity contribution in [1.29, 1.82) is 0 Å². The molecular formula is C20H28N6O. The van der Waals surface area contributed by atoms with Crippen LogP contribution < -0.4 is 14.5 Å². The van der Waals surface area contributed by atoms with Crippen molar-refractivity contribution in [3.63, 3.8) is 0 Å². The number of aromatic nitrogens is 4. The van der Waals surface area contributed by atoms with Gasteiger partial charge in [0.25, 0.3) is 5.88 Å². The van der Waals surface area contributed by atoms with Crippen molar-refractivity contribution in [3.05, 3.63) is 30.5 Å². The van der Waals surface area contributed by atoms with E-state index >= 15 is 0 Å². The number of nitrogens with zero attached hydrogens (tertiary/aromatic N) is 6. The molecular weight excluding hydrogens is 340 g/mol. The molecule has 0 spiro atoms. The first-order valence-corrected chi connectivity index (χ1v) is 9.87. The van der Waals surface area contributed by atoms with Gasteiger partial charge < -0.3 is 14.5 Å². The fourth-order valence-electron chi connectivity index (χ4n) is 4.00. The van der Waals surface area contributed by atoms with Gasteiger partial charge in [-0.05, 0) is 31.6 Å². The number of methoxy groups -OCH3 is 1. The van der Waals surface area contributed by atoms with E-state index in [1.807, 2.05) is 0 Å². The molecule has 1 aliphatic heterocycles. The summed E-state index contributed by atoms with van der Waals surface area (Å²) in [4.78, 5) is 22.3. The summed E-state index contributed by atoms with van der Waals surface area (Å²) >= 11 is 0. The van der Waals surface area contributed by atoms with Crippen molar-refractivity contribution < 1.29 is 4.74 Å². The Bertz CT molecular complexity index is 758. The van der Waals surface area contributed by atoms with Crippen molar-refractivity contribution in [2.24, 2.45) is 5.92 Å². The summed E-state index contributed by atoms with van der Waals surface area (Å²) in [5.74, 6) is 3.77. The summed E-state index contributed by atoms with van der Waals surface area (Å²) in [7, 11) is 3.70. The minimum Gasteiger partial charge on any atom is -0.478 e. The number of anilines is 2. The van der Waals surface area contributed by atoms with Crippen LogP contribution in [0.1, 0.15) is 43.7 Å². The normalized spacial score (nSPS) is 18.2. The van der Waals surface area contributed by atoms with Gasteiger partial charge >= 0.3 is 0 Å². The van der Waals surface area contributed by atoms with Gasteiger partial charge in [0.2, 0.25) is 0 Å². The van der Waals surface area contributed by atoms with Crippen molar-refractivity contribution in [3.8, 4) is 5.88 Å². The first-order valence-electron chi connectivity index (χ1n) is 9.87. The Morgan fingerprint density at radius 1 is 1.07 bits per heavy atom. The topological polar surface area (TPSA) is 67.3 Å². The molecule has 0 N–H and O–H groups in total. The molecule has 7 heteroatoms. The maximum Gasteiger partial charge on any atom is 0.257 e. The lowest BCUT2D eigenvalue weighted by Crippen LogP contribution is -2.38. The van der Waals surface area contributed by atoms with Crippen LogP contribution in [0, 0.1) is 5.92 Å². The minimum atomic E-state index is 0.585. The van der Waals surface area contributed by atoms with E-state index in [0.29, 0.717) is 17.7 Å². The van der Waals surface area contributed by atoms with Crippen molar-refractivity contribution >= 4 is 11.6 Å². The van der Waals surface area contributed by atoms with E-state index in [1.165, 1.54) is 25.0 Å². The Balaban J connectivity index is 1.34. The van der Waals surface area contributed by atoms with Crippen LogP contribution in [-0.4, -0.2) is 53.7 Å². The number of ether oxygens (including phenoxy) is 1. The highest BCUT2D eigenvalue weighted by atomic mass is 16.5. The summed E-state index contributed by atoms with van der Waals surface area (Å²) in [6.07, 6.45) is 11.3. The molecule has 2 aromatic rings. The van der Waals surface area contributed by atoms with Crippen LogP contribution >= 0.6 is 0 Å². The molecule has 3 heterocycles. The van der Waals surface area contributed by atoms with E-state index in [2.05, 4.69) is 42.8 Å². The number of hydrogen-bond donors (Lipinski definition) is 0. The maximum atomic E-state index is 5.34. The average molecular weight is 368 g/mol. The predicted octanol–water partition coefficient (Wildman–Crippen LogP) is 2.90. The molecule has 0 bridgehead atoms. The molecule has 2 aromatic heterocycles. The smallest absolute Gasteiger partial charge is 0.257 e. The Morgan fingerprint density at radius 2 is 1.85 bits per heavy atom. The SMILES string of the molecule is COc1nccnc1N(C)CC1CCN(c2cc(C3CCC3)ncn2)CC1. The van der Waals surface area contributed by atoms with Gasteiger partial charge in [0.15, 0.2) is 5.82 Å². The van der Waals surface area contributed by atoms with Crippen molar-refractivity contribution in [1.82, 2.24) is 19.9 Å². The molecule has 0 unspecified atom stereocenters. The number of hydrogen-bond acceptors (Lipinski definition) is 7. The third-order valence-corrected chi connectivity index (χ3v) is 5.87. The molecule has 0 amide bonds. The molecule has 2 fully saturated rings. The Kier molecular flexibility index (Phi) is 5.36. The van der Waals surface area contributed by atoms with Crippen LogP contribution in [0.15, 0.2) is 24.8 Å². The molecule has 0 radical (unpaired) electrons. The van der Waals surface area contributed by atoms with Gasteiger partial charge in [-0.2, -0.15) is 0 Å². The van der Waals surface area contributed by atoms with Crippen LogP contribution in [0.2, 0.25) is 0 Å². The van der Waals surface area contributed by atoms with Gasteiger partial charge in [-0.1, -0.05) is 6.42 Å². The third kappa shape index (κ3) is 3.96. The Hall–Kier alpha value is -2.44. The first-order chi connectivity index (χ1) is 13.2. The monoisotopic (exact) mass is 368 g/mol. The second-order valence-corrected chi connectivity index (χ2v) is 7.63. The van der Waals surface area contributed by atoms with Crippen LogP contribution in [0.4, 0.5) is 11.6 Å². The van der Waals surface area contributed by atoms with Crippen molar-refractivity contribution in [2.75, 3.05) is 43.6 Å². The summed E-state index contributed by atoms with van der Waals surface area (Å²) in [6, 6.07) is 2.21. The minimum absolute atomic E-state index is 0.585. The van der Waals surface area contributed by atoms with Gasteiger partial charge in [0.1, 0.15) is 12.1 Å². The molecule has 0 aromatic carbocycles. The second kappa shape index (κ2) is 8.06. The molecule has 7 nitrogen and oxygen atoms in total. The second-order valence-electron chi connectivity index (χ2n) is 7.63. The summed E-state index contributed by atoms with van der Waals surface area (Å²) in [5.41, 5.74) is 1.22. The number of piperidine rings is 1. The molecule has 27 heavy (non-hydrogen) atoms. The van der Waals surface area contributed by atoms with E-state index in [0.717, 1.165) is 44.1 Å². The first kappa shape index (κ1) is 17.9. The zero-order valence-corrected chi connectivity index (χ0v) is 16.2. The zero-order chi connectivity index (χ0) is 18.6. The maximum absolute atomic E-state index is 5.34. The van der Waals surface area contributed by atoms with Gasteiger partial charge in [-0.25, -0.2) is 19.9 Å². The molecule has 0 atom stereocenters. The lowest BCUT2D eigenvalue weighted by molar-refractivity contribution is 0.386. The molecule has 1 saturated carbocycles. The van der Waals surface area contributed by atoms with E-state index in [1.54, 1.807) is 25.8 Å². The standard InChI is InChI=1S/C20H28N6O/c1-25(19-20(27-2)22-9-8-21-19)13-15-6-10-26(11-7-15)18-12-17(23-14-24-18)16-4-3-5-16/h8-9,12,14-16H,3-7,10-11,13H2,1-2H3. The fraction of sp³-hybridized carbons (Fsp3) is 0.600. The predicted molar refractivity (Wildman–Crippen MR) is 105 cm³/mol. The van der Waals surface area contributed by atoms with E-state index in [-0.39, 0.29) is 0 Å². The van der Waals surface area contributed by atoms with Gasteiger partial charge in [-0.3, -0.25) is 0 Å². The highest BCUT2D eigenvalue weighted by Crippen LogP contribution is 2.36. The molecule has 1 aliphatic carbocycles. The number of rotatable bonds is 6. The largest absolute Gasteiger partial charge is 0.478 e. The Morgan fingerprint density at radius 3 is 2.56 bits per heavy atom. The molecule has 2 aliphatic rings. The Labute approximate surface area is 160 Å². The fourth-order valence-corrected chi connectivity index (χ4v) is 4.00. The van der Waals surface area contributed by atoms with Crippen LogP contribution in [0.3, 0.4) is 0 Å². The van der Waals surface area contributed by atoms with Crippen LogP contribution in [0.5, 0.6) is 5.88 Å². The van der Waals surface area contributed by atoms with Crippen molar-refractivity contribution in [2.45, 2.75) is 38.0 Å². The summed E-state index contributed by atoms with van der Waals surface area (Å²) < 4.78 is 5.34. The lowest BCUT2D eigenvalue weighted by atomic mass is 9.83.